The van der Waals surface area contributed by atoms with E-state index >= 15 is 0 Å². The van der Waals surface area contributed by atoms with E-state index in [0.29, 0.717) is 48.9 Å². The Bertz CT molecular complexity index is 1120. The molecule has 3 aromatic rings. The number of aromatic nitrogens is 4. The van der Waals surface area contributed by atoms with Crippen LogP contribution in [0.5, 0.6) is 5.75 Å². The summed E-state index contributed by atoms with van der Waals surface area (Å²) in [7, 11) is -2.10. The molecule has 1 aromatic carbocycles. The molecule has 11 heteroatoms. The maximum absolute atomic E-state index is 13.0. The summed E-state index contributed by atoms with van der Waals surface area (Å²) < 4.78 is 38.8. The lowest BCUT2D eigenvalue weighted by atomic mass is 9.98. The molecule has 0 radical (unpaired) electrons. The van der Waals surface area contributed by atoms with Crippen molar-refractivity contribution >= 4 is 10.4 Å². The standard InChI is InChI=1S/C19H23N5O5S/c1-12-17(13(2)29-22-12)30(26,27)23-10-8-14(9-11-23)18-20-19(25)24(21-18)15-4-6-16(28-3)7-5-15/h4-7,14H,8-11H2,1-3H3,(H-,20,21,25,26,27). The maximum Gasteiger partial charge on any atom is 0.348 e. The van der Waals surface area contributed by atoms with E-state index in [1.807, 2.05) is 0 Å². The number of piperidine rings is 1. The molecule has 4 rings (SSSR count). The topological polar surface area (TPSA) is 129 Å². The molecule has 1 aliphatic rings. The monoisotopic (exact) mass is 433 g/mol. The van der Waals surface area contributed by atoms with Crippen molar-refractivity contribution < 1.29 is 18.0 Å². The number of hydrogen-bond acceptors (Lipinski definition) is 7. The zero-order valence-corrected chi connectivity index (χ0v) is 17.8. The van der Waals surface area contributed by atoms with Crippen LogP contribution in [-0.2, 0) is 14.6 Å². The van der Waals surface area contributed by atoms with Gasteiger partial charge in [-0.3, -0.25) is 4.98 Å². The Balaban J connectivity index is 1.49. The summed E-state index contributed by atoms with van der Waals surface area (Å²) >= 11 is 0. The number of rotatable bonds is 5. The molecule has 1 aliphatic heterocycles. The van der Waals surface area contributed by atoms with Crippen LogP contribution in [0.2, 0.25) is 0 Å². The maximum atomic E-state index is 13.0. The summed E-state index contributed by atoms with van der Waals surface area (Å²) in [5, 5.41) is 8.19. The van der Waals surface area contributed by atoms with Crippen LogP contribution in [0.25, 0.3) is 5.69 Å². The summed E-state index contributed by atoms with van der Waals surface area (Å²) in [4.78, 5) is 15.3. The van der Waals surface area contributed by atoms with Crippen molar-refractivity contribution in [3.63, 3.8) is 0 Å². The summed E-state index contributed by atoms with van der Waals surface area (Å²) in [5.74, 6) is 1.50. The van der Waals surface area contributed by atoms with E-state index in [1.54, 1.807) is 45.2 Å². The fourth-order valence-electron chi connectivity index (χ4n) is 3.76. The second-order valence-corrected chi connectivity index (χ2v) is 9.13. The normalized spacial score (nSPS) is 17.7. The zero-order valence-electron chi connectivity index (χ0n) is 17.0. The number of nitrogens with zero attached hydrogens (tertiary/aromatic N) is 4. The lowest BCUT2D eigenvalue weighted by Gasteiger charge is -2.32. The van der Waals surface area contributed by atoms with Gasteiger partial charge in [0.1, 0.15) is 17.3 Å². The second kappa shape index (κ2) is 7.82. The van der Waals surface area contributed by atoms with Gasteiger partial charge < -0.3 is 13.8 Å². The van der Waals surface area contributed by atoms with E-state index in [4.69, 9.17) is 9.26 Å². The van der Waals surface area contributed by atoms with Crippen LogP contribution < -0.4 is 10.4 Å². The lowest BCUT2D eigenvalue weighted by molar-refractivity contribution is 0.286. The third kappa shape index (κ3) is 3.59. The quantitative estimate of drug-likeness (QED) is 0.609. The molecule has 2 aromatic heterocycles. The molecule has 3 heterocycles. The van der Waals surface area contributed by atoms with Gasteiger partial charge in [0, 0.05) is 25.9 Å². The fourth-order valence-corrected chi connectivity index (χ4v) is 5.53. The third-order valence-corrected chi connectivity index (χ3v) is 7.50. The van der Waals surface area contributed by atoms with Crippen LogP contribution in [0.1, 0.15) is 36.0 Å². The number of H-pyrrole nitrogens is 1. The highest BCUT2D eigenvalue weighted by Crippen LogP contribution is 2.33. The van der Waals surface area contributed by atoms with Crippen molar-refractivity contribution in [2.75, 3.05) is 20.2 Å². The van der Waals surface area contributed by atoms with E-state index in [1.165, 1.54) is 8.99 Å². The molecule has 0 saturated carbocycles. The molecule has 1 fully saturated rings. The summed E-state index contributed by atoms with van der Waals surface area (Å²) in [5.41, 5.74) is 0.653. The lowest BCUT2D eigenvalue weighted by Crippen LogP contribution is -2.42. The number of sulfonamides is 1. The van der Waals surface area contributed by atoms with Crippen LogP contribution in [0.4, 0.5) is 0 Å². The molecule has 0 bridgehead atoms. The first-order valence-electron chi connectivity index (χ1n) is 9.58. The van der Waals surface area contributed by atoms with Gasteiger partial charge in [-0.2, -0.15) is 4.68 Å². The molecule has 0 spiro atoms. The Hall–Kier alpha value is -2.76. The Labute approximate surface area is 174 Å². The number of ether oxygens (including phenoxy) is 1. The van der Waals surface area contributed by atoms with E-state index < -0.39 is 10.4 Å². The summed E-state index contributed by atoms with van der Waals surface area (Å²) in [6.07, 6.45) is 1.11. The van der Waals surface area contributed by atoms with Gasteiger partial charge in [0.25, 0.3) is 0 Å². The fraction of sp³-hybridized carbons (Fsp3) is 0.421. The highest BCUT2D eigenvalue weighted by atomic mass is 32.3. The largest absolute Gasteiger partial charge is 0.593 e. The minimum Gasteiger partial charge on any atom is -0.593 e. The zero-order chi connectivity index (χ0) is 21.5. The van der Waals surface area contributed by atoms with Crippen LogP contribution in [0, 0.1) is 13.8 Å². The number of benzene rings is 1. The number of nitrogens with one attached hydrogen (secondary N) is 1. The Morgan fingerprint density at radius 1 is 1.23 bits per heavy atom. The van der Waals surface area contributed by atoms with Gasteiger partial charge in [0.2, 0.25) is 4.90 Å². The van der Waals surface area contributed by atoms with E-state index in [0.717, 1.165) is 0 Å². The molecule has 1 saturated heterocycles. The Kier molecular flexibility index (Phi) is 5.35. The average molecular weight is 433 g/mol. The van der Waals surface area contributed by atoms with Crippen molar-refractivity contribution in [2.45, 2.75) is 37.5 Å². The molecule has 1 unspecified atom stereocenters. The van der Waals surface area contributed by atoms with Crippen LogP contribution in [0.3, 0.4) is 0 Å². The first kappa shape index (κ1) is 20.5. The predicted molar refractivity (Wildman–Crippen MR) is 107 cm³/mol. The minimum absolute atomic E-state index is 0.0340. The Morgan fingerprint density at radius 3 is 2.47 bits per heavy atom. The second-order valence-electron chi connectivity index (χ2n) is 7.26. The number of hydrogen-bond donors (Lipinski definition) is 1. The molecule has 10 nitrogen and oxygen atoms in total. The van der Waals surface area contributed by atoms with Gasteiger partial charge in [-0.05, 0) is 44.0 Å². The molecular formula is C19H23N5O5S. The Morgan fingerprint density at radius 2 is 1.90 bits per heavy atom. The predicted octanol–water partition coefficient (Wildman–Crippen LogP) is 1.96. The first-order valence-corrected chi connectivity index (χ1v) is 11.0. The minimum atomic E-state index is -3.67. The van der Waals surface area contributed by atoms with Crippen molar-refractivity contribution in [2.24, 2.45) is 0 Å². The number of aryl methyl sites for hydroxylation is 2. The summed E-state index contributed by atoms with van der Waals surface area (Å²) in [6, 6.07) is 7.02. The van der Waals surface area contributed by atoms with Gasteiger partial charge in [-0.25, -0.2) is 4.79 Å². The molecule has 30 heavy (non-hydrogen) atoms. The van der Waals surface area contributed by atoms with E-state index in [9.17, 15) is 13.6 Å². The van der Waals surface area contributed by atoms with E-state index in [2.05, 4.69) is 15.2 Å². The van der Waals surface area contributed by atoms with Crippen molar-refractivity contribution in [3.8, 4) is 11.4 Å². The van der Waals surface area contributed by atoms with Gasteiger partial charge >= 0.3 is 5.69 Å². The van der Waals surface area contributed by atoms with E-state index in [-0.39, 0.29) is 22.3 Å². The van der Waals surface area contributed by atoms with Crippen molar-refractivity contribution in [1.29, 1.82) is 0 Å². The van der Waals surface area contributed by atoms with Crippen LogP contribution >= 0.6 is 0 Å². The van der Waals surface area contributed by atoms with Gasteiger partial charge in [-0.15, -0.1) is 9.40 Å². The first-order chi connectivity index (χ1) is 14.3. The SMILES string of the molecule is COc1ccc(-n2nc(C3CCN([S+](=O)([O-])c4c(C)noc4C)CC3)[nH]c2=O)cc1. The van der Waals surface area contributed by atoms with Gasteiger partial charge in [0.15, 0.2) is 16.2 Å². The summed E-state index contributed by atoms with van der Waals surface area (Å²) in [6.45, 7) is 3.87. The number of methoxy groups -OCH3 is 1. The van der Waals surface area contributed by atoms with Crippen molar-refractivity contribution in [1.82, 2.24) is 24.2 Å². The van der Waals surface area contributed by atoms with Gasteiger partial charge in [0.05, 0.1) is 12.8 Å². The highest BCUT2D eigenvalue weighted by molar-refractivity contribution is 7.95. The molecular weight excluding hydrogens is 410 g/mol. The smallest absolute Gasteiger partial charge is 0.348 e. The molecule has 0 amide bonds. The van der Waals surface area contributed by atoms with Crippen LogP contribution in [0.15, 0.2) is 38.5 Å². The van der Waals surface area contributed by atoms with Gasteiger partial charge in [-0.1, -0.05) is 9.37 Å². The molecule has 1 N–H and O–H groups in total. The average Bonchev–Trinajstić information content (AvgIpc) is 3.30. The number of aromatic amines is 1. The third-order valence-electron chi connectivity index (χ3n) is 5.36. The molecule has 0 aliphatic carbocycles. The molecule has 1 atom stereocenters. The van der Waals surface area contributed by atoms with Crippen LogP contribution in [-0.4, -0.2) is 49.0 Å². The van der Waals surface area contributed by atoms with Crippen molar-refractivity contribution in [3.05, 3.63) is 52.0 Å². The molecule has 160 valence electrons. The highest BCUT2D eigenvalue weighted by Gasteiger charge is 2.39.